The lowest BCUT2D eigenvalue weighted by molar-refractivity contribution is -0.193. The third kappa shape index (κ3) is 15.2. The summed E-state index contributed by atoms with van der Waals surface area (Å²) in [6.07, 6.45) is 11.8. The first-order valence-electron chi connectivity index (χ1n) is 18.2. The van der Waals surface area contributed by atoms with Crippen LogP contribution < -0.4 is 30.3 Å². The molecule has 0 saturated carbocycles. The lowest BCUT2D eigenvalue weighted by atomic mass is 9.92. The Labute approximate surface area is 380 Å². The highest BCUT2D eigenvalue weighted by molar-refractivity contribution is 7.94. The smallest absolute Gasteiger partial charge is 0.355 e. The first kappa shape index (κ1) is 53.6. The van der Waals surface area contributed by atoms with Crippen molar-refractivity contribution in [2.45, 2.75) is 52.1 Å². The van der Waals surface area contributed by atoms with E-state index in [0.717, 1.165) is 37.8 Å². The molecule has 0 radical (unpaired) electrons. The lowest BCUT2D eigenvalue weighted by Crippen LogP contribution is -2.39. The van der Waals surface area contributed by atoms with E-state index in [1.807, 2.05) is 9.88 Å². The van der Waals surface area contributed by atoms with Crippen molar-refractivity contribution < 1.29 is 61.2 Å². The summed E-state index contributed by atoms with van der Waals surface area (Å²) in [6.45, 7) is 2.60. The topological polar surface area (TPSA) is 247 Å². The Balaban J connectivity index is 0.000000265. The van der Waals surface area contributed by atoms with Crippen LogP contribution in [0, 0.1) is 36.3 Å². The standard InChI is InChI=1S/C18H17FN4O2S.C13H10Cl2F3N3O3.C3H8NO5P.C3H9S/c1-4-5-22-13-7-12(11(19)6-14(13)25-9-16(22)24)20-17-23-10-18(2,3)8-15(23)21-26-17;1-5-19-21(13(24)20(5)12(17)18)10-3-6(2-8(15)11(22)23)7(14)4-9(10)16;5-3(6)1-4-2-10(7,8)9;1-4(2)3/h1,6-7H,5,8-10H2,2-3H3;3-4,8,12H,2H2,1H3,(H,22,23);4H,1-2H2,(H,5,6)(H2,7,8,9);1-3H3/q;;;+1/p-1/b20-17-;;;. The van der Waals surface area contributed by atoms with Gasteiger partial charge >= 0.3 is 24.2 Å². The number of fused-ring (bicyclic) bond motifs is 2. The highest BCUT2D eigenvalue weighted by Gasteiger charge is 2.31. The van der Waals surface area contributed by atoms with E-state index >= 15 is 0 Å². The largest absolute Gasteiger partial charge is 0.778 e. The van der Waals surface area contributed by atoms with E-state index in [1.54, 1.807) is 0 Å². The number of aromatic nitrogens is 5. The number of aryl methyl sites for hydroxylation is 1. The average Bonchev–Trinajstić information content (AvgIpc) is 3.78. The van der Waals surface area contributed by atoms with Gasteiger partial charge in [-0.15, -0.1) is 23.1 Å². The number of rotatable bonds is 11. The third-order valence-electron chi connectivity index (χ3n) is 8.21. The van der Waals surface area contributed by atoms with Crippen molar-refractivity contribution in [2.24, 2.45) is 10.4 Å². The van der Waals surface area contributed by atoms with Crippen molar-refractivity contribution in [1.82, 2.24) is 28.6 Å². The molecule has 0 aliphatic carbocycles. The third-order valence-corrected chi connectivity index (χ3v) is 10.3. The monoisotopic (exact) mass is 1000 g/mol. The molecule has 64 heavy (non-hydrogen) atoms. The van der Waals surface area contributed by atoms with Crippen molar-refractivity contribution in [1.29, 1.82) is 0 Å². The molecule has 27 heteroatoms. The fraction of sp³-hybridized carbons (Fsp3) is 0.432. The summed E-state index contributed by atoms with van der Waals surface area (Å²) in [5.74, 6) is -0.856. The molecule has 4 aromatic rings. The minimum atomic E-state index is -4.35. The number of alkyl halides is 3. The fourth-order valence-electron chi connectivity index (χ4n) is 5.59. The summed E-state index contributed by atoms with van der Waals surface area (Å²) in [4.78, 5) is 69.1. The Bertz CT molecular complexity index is 2570. The molecule has 2 atom stereocenters. The van der Waals surface area contributed by atoms with Crippen molar-refractivity contribution >= 4 is 82.4 Å². The SMILES string of the molecule is C#CCN1C(=O)COc2cc(F)c(/N=c3\snc4n3CC(C)(C)C4)cc21.C[S+](C)C.Cc1nn(-c2cc(CC(Cl)C(=O)O)c(Cl)cc2F)c(=O)n1C(F)F.O=C(O)CNCP(=O)([O-])O. The van der Waals surface area contributed by atoms with Crippen LogP contribution in [0.1, 0.15) is 37.6 Å². The maximum atomic E-state index is 14.5. The maximum absolute atomic E-state index is 14.5. The molecule has 1 amide bonds. The van der Waals surface area contributed by atoms with Crippen LogP contribution in [0.4, 0.5) is 28.9 Å². The summed E-state index contributed by atoms with van der Waals surface area (Å²) in [6, 6.07) is 4.65. The van der Waals surface area contributed by atoms with Crippen LogP contribution in [0.5, 0.6) is 5.75 Å². The average molecular weight is 1000 g/mol. The number of nitrogens with zero attached hydrogens (tertiary/aromatic N) is 7. The van der Waals surface area contributed by atoms with Crippen molar-refractivity contribution in [3.63, 3.8) is 0 Å². The van der Waals surface area contributed by atoms with Gasteiger partial charge in [0.05, 0.1) is 43.8 Å². The molecule has 2 unspecified atom stereocenters. The zero-order chi connectivity index (χ0) is 48.4. The van der Waals surface area contributed by atoms with Crippen LogP contribution >= 0.6 is 42.3 Å². The van der Waals surface area contributed by atoms with Crippen LogP contribution in [0.3, 0.4) is 0 Å². The molecule has 18 nitrogen and oxygen atoms in total. The second-order valence-corrected chi connectivity index (χ2v) is 20.5. The van der Waals surface area contributed by atoms with Crippen LogP contribution in [0.25, 0.3) is 5.69 Å². The number of hydrogen-bond acceptors (Lipinski definition) is 12. The van der Waals surface area contributed by atoms with E-state index in [9.17, 15) is 46.2 Å². The van der Waals surface area contributed by atoms with Gasteiger partial charge in [0, 0.05) is 42.0 Å². The number of carbonyl (C=O) groups is 3. The van der Waals surface area contributed by atoms with E-state index in [2.05, 4.69) is 53.0 Å². The molecule has 2 aliphatic heterocycles. The highest BCUT2D eigenvalue weighted by Crippen LogP contribution is 2.38. The van der Waals surface area contributed by atoms with Gasteiger partial charge in [-0.1, -0.05) is 31.4 Å². The summed E-state index contributed by atoms with van der Waals surface area (Å²) in [7, 11) is -3.71. The van der Waals surface area contributed by atoms with Gasteiger partial charge in [0.2, 0.25) is 4.80 Å². The molecule has 350 valence electrons. The molecule has 0 bridgehead atoms. The number of nitrogens with one attached hydrogen (secondary N) is 1. The minimum Gasteiger partial charge on any atom is -0.778 e. The van der Waals surface area contributed by atoms with Gasteiger partial charge in [0.1, 0.15) is 41.7 Å². The van der Waals surface area contributed by atoms with Crippen LogP contribution in [-0.4, -0.2) is 106 Å². The maximum Gasteiger partial charge on any atom is 0.355 e. The molecule has 2 aromatic heterocycles. The second-order valence-electron chi connectivity index (χ2n) is 14.8. The van der Waals surface area contributed by atoms with E-state index in [0.29, 0.717) is 31.8 Å². The Morgan fingerprint density at radius 2 is 1.80 bits per heavy atom. The molecule has 0 fully saturated rings. The number of amides is 1. The number of hydrogen-bond donors (Lipinski definition) is 4. The van der Waals surface area contributed by atoms with Gasteiger partial charge in [-0.2, -0.15) is 17.8 Å². The first-order chi connectivity index (χ1) is 29.7. The van der Waals surface area contributed by atoms with Gasteiger partial charge in [-0.05, 0) is 47.0 Å². The normalized spacial score (nSPS) is 15.3. The Hall–Kier alpha value is -4.73. The summed E-state index contributed by atoms with van der Waals surface area (Å²) >= 11 is 12.7. The Morgan fingerprint density at radius 3 is 2.34 bits per heavy atom. The first-order valence-corrected chi connectivity index (χ1v) is 24.0. The van der Waals surface area contributed by atoms with Crippen LogP contribution in [0.2, 0.25) is 5.02 Å². The van der Waals surface area contributed by atoms with Gasteiger partial charge in [-0.3, -0.25) is 24.6 Å². The molecule has 0 spiro atoms. The number of anilines is 1. The van der Waals surface area contributed by atoms with Gasteiger partial charge in [0.25, 0.3) is 5.91 Å². The quantitative estimate of drug-likeness (QED) is 0.0552. The zero-order valence-corrected chi connectivity index (χ0v) is 38.9. The van der Waals surface area contributed by atoms with Crippen molar-refractivity contribution in [3.05, 3.63) is 73.4 Å². The number of terminal acetylenes is 1. The number of halogens is 6. The number of ether oxygens (including phenoxy) is 1. The summed E-state index contributed by atoms with van der Waals surface area (Å²) in [5, 5.41) is 20.9. The predicted molar refractivity (Wildman–Crippen MR) is 231 cm³/mol. The van der Waals surface area contributed by atoms with Crippen LogP contribution in [0.15, 0.2) is 34.1 Å². The van der Waals surface area contributed by atoms with E-state index in [4.69, 9.17) is 49.5 Å². The van der Waals surface area contributed by atoms with Gasteiger partial charge in [-0.25, -0.2) is 23.1 Å². The molecule has 2 aromatic carbocycles. The van der Waals surface area contributed by atoms with E-state index < -0.39 is 67.3 Å². The van der Waals surface area contributed by atoms with Crippen LogP contribution in [-0.2, 0) is 49.2 Å². The number of aliphatic carboxylic acids is 2. The highest BCUT2D eigenvalue weighted by atomic mass is 35.5. The molecule has 0 saturated heterocycles. The zero-order valence-electron chi connectivity index (χ0n) is 34.9. The van der Waals surface area contributed by atoms with Crippen molar-refractivity contribution in [2.75, 3.05) is 49.6 Å². The van der Waals surface area contributed by atoms with Crippen molar-refractivity contribution in [3.8, 4) is 23.8 Å². The molecular weight excluding hydrogens is 958 g/mol. The second kappa shape index (κ2) is 22.9. The van der Waals surface area contributed by atoms with E-state index in [1.165, 1.54) is 28.6 Å². The molecule has 2 aliphatic rings. The lowest BCUT2D eigenvalue weighted by Gasteiger charge is -2.28. The number of benzene rings is 2. The Morgan fingerprint density at radius 1 is 1.16 bits per heavy atom. The predicted octanol–water partition coefficient (Wildman–Crippen LogP) is 3.68. The van der Waals surface area contributed by atoms with E-state index in [-0.39, 0.29) is 57.6 Å². The molecule has 4 N–H and O–H groups in total. The molecule has 6 rings (SSSR count). The number of carbonyl (C=O) groups excluding carboxylic acids is 1. The summed E-state index contributed by atoms with van der Waals surface area (Å²) < 4.78 is 76.6. The fourth-order valence-corrected chi connectivity index (χ4v) is 7.13. The van der Waals surface area contributed by atoms with Gasteiger partial charge in [0.15, 0.2) is 18.2 Å². The minimum absolute atomic E-state index is 0.0926. The Kier molecular flexibility index (Phi) is 19.2. The van der Waals surface area contributed by atoms with Gasteiger partial charge < -0.3 is 33.9 Å². The summed E-state index contributed by atoms with van der Waals surface area (Å²) in [5.41, 5.74) is -0.865. The number of carboxylic acid groups (broad SMARTS) is 2. The molecular formula is C37H43Cl2F4N8O10PS2. The molecule has 4 heterocycles. The number of carboxylic acids is 2.